The van der Waals surface area contributed by atoms with E-state index < -0.39 is 0 Å². The van der Waals surface area contributed by atoms with Crippen LogP contribution >= 0.6 is 23.2 Å². The molecule has 134 valence electrons. The van der Waals surface area contributed by atoms with E-state index in [1.165, 1.54) is 0 Å². The lowest BCUT2D eigenvalue weighted by molar-refractivity contribution is 0.0935. The molecule has 0 unspecified atom stereocenters. The van der Waals surface area contributed by atoms with Crippen LogP contribution in [0.15, 0.2) is 42.5 Å². The molecule has 1 fully saturated rings. The van der Waals surface area contributed by atoms with Crippen molar-refractivity contribution in [1.29, 1.82) is 5.26 Å². The molecule has 0 bridgehead atoms. The highest BCUT2D eigenvalue weighted by atomic mass is 35.5. The summed E-state index contributed by atoms with van der Waals surface area (Å²) in [5.41, 5.74) is 2.35. The highest BCUT2D eigenvalue weighted by Crippen LogP contribution is 2.25. The van der Waals surface area contributed by atoms with Crippen molar-refractivity contribution in [2.45, 2.75) is 6.54 Å². The van der Waals surface area contributed by atoms with Crippen molar-refractivity contribution in [1.82, 2.24) is 10.2 Å². The minimum atomic E-state index is -0.238. The van der Waals surface area contributed by atoms with Crippen molar-refractivity contribution in [2.24, 2.45) is 5.92 Å². The van der Waals surface area contributed by atoms with Crippen molar-refractivity contribution in [3.63, 3.8) is 0 Å². The molecule has 7 heteroatoms. The number of carbonyl (C=O) groups excluding carboxylic acids is 1. The molecule has 0 aromatic heterocycles. The molecule has 3 rings (SSSR count). The Balaban J connectivity index is 1.37. The topological polar surface area (TPSA) is 68.2 Å². The highest BCUT2D eigenvalue weighted by molar-refractivity contribution is 6.42. The van der Waals surface area contributed by atoms with Crippen LogP contribution in [0, 0.1) is 17.2 Å². The first-order valence-corrected chi connectivity index (χ1v) is 9.00. The van der Waals surface area contributed by atoms with Gasteiger partial charge in [0.1, 0.15) is 0 Å². The first-order valence-electron chi connectivity index (χ1n) is 8.25. The Bertz CT molecular complexity index is 826. The molecule has 0 spiro atoms. The fraction of sp³-hybridized carbons (Fsp3) is 0.263. The summed E-state index contributed by atoms with van der Waals surface area (Å²) in [5.74, 6) is 0.435. The Morgan fingerprint density at radius 1 is 1.15 bits per heavy atom. The van der Waals surface area contributed by atoms with Crippen LogP contribution in [-0.2, 0) is 6.54 Å². The molecule has 2 aromatic rings. The predicted octanol–water partition coefficient (Wildman–Crippen LogP) is 4.12. The zero-order valence-corrected chi connectivity index (χ0v) is 15.5. The minimum Gasteiger partial charge on any atom is -0.337 e. The van der Waals surface area contributed by atoms with Gasteiger partial charge in [-0.15, -0.1) is 0 Å². The van der Waals surface area contributed by atoms with Crippen LogP contribution in [-0.4, -0.2) is 30.6 Å². The highest BCUT2D eigenvalue weighted by Gasteiger charge is 2.26. The lowest BCUT2D eigenvalue weighted by Gasteiger charge is -2.39. The number of hydrogen-bond donors (Lipinski definition) is 2. The second-order valence-corrected chi connectivity index (χ2v) is 7.15. The van der Waals surface area contributed by atoms with E-state index in [1.54, 1.807) is 24.3 Å². The van der Waals surface area contributed by atoms with Gasteiger partial charge < -0.3 is 10.6 Å². The molecule has 0 aliphatic carbocycles. The van der Waals surface area contributed by atoms with E-state index in [0.717, 1.165) is 25.2 Å². The van der Waals surface area contributed by atoms with Crippen LogP contribution in [0.1, 0.15) is 11.1 Å². The first-order chi connectivity index (χ1) is 12.5. The molecule has 1 saturated heterocycles. The fourth-order valence-electron chi connectivity index (χ4n) is 2.87. The van der Waals surface area contributed by atoms with E-state index in [0.29, 0.717) is 33.8 Å². The van der Waals surface area contributed by atoms with Crippen LogP contribution in [0.2, 0.25) is 10.0 Å². The van der Waals surface area contributed by atoms with Crippen LogP contribution < -0.4 is 10.6 Å². The summed E-state index contributed by atoms with van der Waals surface area (Å²) >= 11 is 12.0. The van der Waals surface area contributed by atoms with E-state index in [2.05, 4.69) is 15.5 Å². The van der Waals surface area contributed by atoms with Gasteiger partial charge in [-0.3, -0.25) is 4.90 Å². The summed E-state index contributed by atoms with van der Waals surface area (Å²) in [5, 5.41) is 15.5. The number of anilines is 1. The monoisotopic (exact) mass is 388 g/mol. The van der Waals surface area contributed by atoms with Crippen molar-refractivity contribution >= 4 is 34.9 Å². The second-order valence-electron chi connectivity index (χ2n) is 6.33. The molecule has 0 radical (unpaired) electrons. The normalized spacial score (nSPS) is 14.3. The Labute approximate surface area is 162 Å². The Kier molecular flexibility index (Phi) is 6.00. The maximum Gasteiger partial charge on any atom is 0.319 e. The number of likely N-dealkylation sites (tertiary alicyclic amines) is 1. The van der Waals surface area contributed by atoms with E-state index >= 15 is 0 Å². The minimum absolute atomic E-state index is 0.238. The number of rotatable bonds is 5. The van der Waals surface area contributed by atoms with Gasteiger partial charge in [-0.25, -0.2) is 4.79 Å². The van der Waals surface area contributed by atoms with Gasteiger partial charge in [0.05, 0.1) is 21.7 Å². The summed E-state index contributed by atoms with van der Waals surface area (Å²) in [7, 11) is 0. The number of benzene rings is 2. The third-order valence-corrected chi connectivity index (χ3v) is 4.99. The summed E-state index contributed by atoms with van der Waals surface area (Å²) in [6, 6.07) is 14.2. The molecular formula is C19H18Cl2N4O. The van der Waals surface area contributed by atoms with Crippen LogP contribution in [0.4, 0.5) is 10.5 Å². The molecular weight excluding hydrogens is 371 g/mol. The summed E-state index contributed by atoms with van der Waals surface area (Å²) in [6.07, 6.45) is 0. The Hall–Kier alpha value is -2.26. The molecule has 5 nitrogen and oxygen atoms in total. The van der Waals surface area contributed by atoms with Gasteiger partial charge in [-0.05, 0) is 42.0 Å². The summed E-state index contributed by atoms with van der Waals surface area (Å²) < 4.78 is 0. The largest absolute Gasteiger partial charge is 0.337 e. The number of halogens is 2. The number of amides is 2. The fourth-order valence-corrected chi connectivity index (χ4v) is 3.19. The standard InChI is InChI=1S/C19H18Cl2N4O/c20-17-6-3-14(7-18(17)21)10-25-11-15(12-25)9-23-19(26)24-16-4-1-13(8-22)2-5-16/h1-7,15H,9-12H2,(H2,23,24,26). The van der Waals surface area contributed by atoms with E-state index in [9.17, 15) is 4.79 Å². The average molecular weight is 389 g/mol. The van der Waals surface area contributed by atoms with Crippen LogP contribution in [0.5, 0.6) is 0 Å². The van der Waals surface area contributed by atoms with Gasteiger partial charge >= 0.3 is 6.03 Å². The maximum absolute atomic E-state index is 11.9. The van der Waals surface area contributed by atoms with E-state index in [4.69, 9.17) is 28.5 Å². The predicted molar refractivity (Wildman–Crippen MR) is 103 cm³/mol. The van der Waals surface area contributed by atoms with E-state index in [-0.39, 0.29) is 6.03 Å². The van der Waals surface area contributed by atoms with Crippen molar-refractivity contribution in [2.75, 3.05) is 25.0 Å². The quantitative estimate of drug-likeness (QED) is 0.809. The number of nitriles is 1. The van der Waals surface area contributed by atoms with Gasteiger partial charge in [0.25, 0.3) is 0 Å². The molecule has 1 heterocycles. The molecule has 26 heavy (non-hydrogen) atoms. The van der Waals surface area contributed by atoms with Crippen LogP contribution in [0.3, 0.4) is 0 Å². The average Bonchev–Trinajstić information content (AvgIpc) is 2.60. The number of hydrogen-bond acceptors (Lipinski definition) is 3. The van der Waals surface area contributed by atoms with Crippen LogP contribution in [0.25, 0.3) is 0 Å². The van der Waals surface area contributed by atoms with Gasteiger partial charge in [0.15, 0.2) is 0 Å². The Morgan fingerprint density at radius 3 is 2.54 bits per heavy atom. The smallest absolute Gasteiger partial charge is 0.319 e. The summed E-state index contributed by atoms with van der Waals surface area (Å²) in [4.78, 5) is 14.2. The summed E-state index contributed by atoms with van der Waals surface area (Å²) in [6.45, 7) is 3.31. The van der Waals surface area contributed by atoms with Crippen molar-refractivity contribution in [3.05, 3.63) is 63.6 Å². The molecule has 2 amide bonds. The van der Waals surface area contributed by atoms with Crippen molar-refractivity contribution < 1.29 is 4.79 Å². The van der Waals surface area contributed by atoms with Gasteiger partial charge in [-0.2, -0.15) is 5.26 Å². The molecule has 0 saturated carbocycles. The van der Waals surface area contributed by atoms with Crippen molar-refractivity contribution in [3.8, 4) is 6.07 Å². The number of nitrogens with zero attached hydrogens (tertiary/aromatic N) is 2. The molecule has 2 aromatic carbocycles. The number of carbonyl (C=O) groups is 1. The number of urea groups is 1. The van der Waals surface area contributed by atoms with E-state index in [1.807, 2.05) is 24.3 Å². The molecule has 2 N–H and O–H groups in total. The lowest BCUT2D eigenvalue weighted by atomic mass is 9.99. The molecule has 0 atom stereocenters. The Morgan fingerprint density at radius 2 is 1.88 bits per heavy atom. The molecule has 1 aliphatic rings. The van der Waals surface area contributed by atoms with Gasteiger partial charge in [0.2, 0.25) is 0 Å². The zero-order valence-electron chi connectivity index (χ0n) is 14.0. The number of nitrogens with one attached hydrogen (secondary N) is 2. The lowest BCUT2D eigenvalue weighted by Crippen LogP contribution is -2.51. The zero-order chi connectivity index (χ0) is 18.5. The third kappa shape index (κ3) is 4.89. The SMILES string of the molecule is N#Cc1ccc(NC(=O)NCC2CN(Cc3ccc(Cl)c(Cl)c3)C2)cc1. The third-order valence-electron chi connectivity index (χ3n) is 4.25. The maximum atomic E-state index is 11.9. The van der Waals surface area contributed by atoms with Gasteiger partial charge in [-0.1, -0.05) is 29.3 Å². The van der Waals surface area contributed by atoms with Gasteiger partial charge in [0, 0.05) is 37.8 Å². The molecule has 1 aliphatic heterocycles. The second kappa shape index (κ2) is 8.41. The first kappa shape index (κ1) is 18.5.